The summed E-state index contributed by atoms with van der Waals surface area (Å²) in [5.41, 5.74) is 3.71. The molecule has 0 saturated heterocycles. The maximum Gasteiger partial charge on any atom is 0.331 e. The molecule has 0 spiro atoms. The normalized spacial score (nSPS) is 12.1. The lowest BCUT2D eigenvalue weighted by Crippen LogP contribution is -2.29. The molecule has 1 atom stereocenters. The van der Waals surface area contributed by atoms with Crippen LogP contribution in [0.2, 0.25) is 0 Å². The molecule has 0 fully saturated rings. The van der Waals surface area contributed by atoms with E-state index in [1.165, 1.54) is 6.08 Å². The monoisotopic (exact) mass is 373 g/mol. The number of nitrogens with one attached hydrogen (secondary N) is 1. The minimum absolute atomic E-state index is 0.362. The number of benzene rings is 3. The van der Waals surface area contributed by atoms with Gasteiger partial charge in [-0.2, -0.15) is 0 Å². The topological polar surface area (TPSA) is 55.4 Å². The van der Waals surface area contributed by atoms with Gasteiger partial charge in [0.15, 0.2) is 6.10 Å². The third-order valence-electron chi connectivity index (χ3n) is 4.52. The molecule has 28 heavy (non-hydrogen) atoms. The lowest BCUT2D eigenvalue weighted by Gasteiger charge is -2.14. The molecule has 0 aliphatic carbocycles. The van der Waals surface area contributed by atoms with Crippen molar-refractivity contribution in [2.45, 2.75) is 26.9 Å². The van der Waals surface area contributed by atoms with Gasteiger partial charge in [0.05, 0.1) is 0 Å². The zero-order chi connectivity index (χ0) is 20.1. The zero-order valence-electron chi connectivity index (χ0n) is 16.2. The molecule has 0 heterocycles. The number of esters is 1. The molecule has 0 bridgehead atoms. The minimum atomic E-state index is -0.898. The van der Waals surface area contributed by atoms with Gasteiger partial charge in [-0.3, -0.25) is 4.79 Å². The van der Waals surface area contributed by atoms with Crippen molar-refractivity contribution in [3.05, 3.63) is 83.4 Å². The number of carbonyl (C=O) groups excluding carboxylic acids is 2. The lowest BCUT2D eigenvalue weighted by atomic mass is 10.0. The van der Waals surface area contributed by atoms with Crippen molar-refractivity contribution in [3.8, 4) is 0 Å². The summed E-state index contributed by atoms with van der Waals surface area (Å²) in [6.45, 7) is 5.47. The SMILES string of the molecule is Cc1ccc(NC(=O)[C@@H](C)OC(=O)/C=C/c2cccc3ccccc23)c(C)c1. The summed E-state index contributed by atoms with van der Waals surface area (Å²) in [5.74, 6) is -0.921. The highest BCUT2D eigenvalue weighted by Gasteiger charge is 2.17. The summed E-state index contributed by atoms with van der Waals surface area (Å²) in [6.07, 6.45) is 2.16. The highest BCUT2D eigenvalue weighted by Crippen LogP contribution is 2.20. The van der Waals surface area contributed by atoms with E-state index in [0.29, 0.717) is 5.69 Å². The zero-order valence-corrected chi connectivity index (χ0v) is 16.2. The summed E-state index contributed by atoms with van der Waals surface area (Å²) < 4.78 is 5.24. The molecule has 1 amide bonds. The molecule has 4 heteroatoms. The number of carbonyl (C=O) groups is 2. The van der Waals surface area contributed by atoms with E-state index in [1.807, 2.05) is 74.5 Å². The Morgan fingerprint density at radius 3 is 2.54 bits per heavy atom. The fourth-order valence-corrected chi connectivity index (χ4v) is 3.01. The van der Waals surface area contributed by atoms with Crippen molar-refractivity contribution >= 4 is 34.4 Å². The molecule has 4 nitrogen and oxygen atoms in total. The Labute approximate surface area is 164 Å². The van der Waals surface area contributed by atoms with Crippen LogP contribution in [-0.4, -0.2) is 18.0 Å². The Balaban J connectivity index is 1.63. The van der Waals surface area contributed by atoms with Gasteiger partial charge in [-0.1, -0.05) is 60.2 Å². The van der Waals surface area contributed by atoms with E-state index in [0.717, 1.165) is 27.5 Å². The highest BCUT2D eigenvalue weighted by atomic mass is 16.5. The summed E-state index contributed by atoms with van der Waals surface area (Å²) in [4.78, 5) is 24.5. The van der Waals surface area contributed by atoms with Gasteiger partial charge in [0.1, 0.15) is 0 Å². The molecule has 0 radical (unpaired) electrons. The first-order valence-corrected chi connectivity index (χ1v) is 9.18. The van der Waals surface area contributed by atoms with Gasteiger partial charge in [-0.25, -0.2) is 4.79 Å². The van der Waals surface area contributed by atoms with Crippen LogP contribution in [0.25, 0.3) is 16.8 Å². The first kappa shape index (κ1) is 19.4. The molecule has 3 rings (SSSR count). The van der Waals surface area contributed by atoms with Crippen LogP contribution in [0.4, 0.5) is 5.69 Å². The van der Waals surface area contributed by atoms with E-state index in [4.69, 9.17) is 4.74 Å². The van der Waals surface area contributed by atoms with Crippen LogP contribution in [-0.2, 0) is 14.3 Å². The first-order valence-electron chi connectivity index (χ1n) is 9.18. The maximum atomic E-state index is 12.3. The molecule has 0 unspecified atom stereocenters. The van der Waals surface area contributed by atoms with E-state index in [-0.39, 0.29) is 5.91 Å². The molecule has 3 aromatic rings. The number of aryl methyl sites for hydroxylation is 2. The maximum absolute atomic E-state index is 12.3. The number of hydrogen-bond donors (Lipinski definition) is 1. The Morgan fingerprint density at radius 2 is 1.75 bits per heavy atom. The van der Waals surface area contributed by atoms with Crippen molar-refractivity contribution in [1.29, 1.82) is 0 Å². The van der Waals surface area contributed by atoms with Gasteiger partial charge < -0.3 is 10.1 Å². The predicted octanol–water partition coefficient (Wildman–Crippen LogP) is 5.04. The van der Waals surface area contributed by atoms with Crippen LogP contribution in [0.5, 0.6) is 0 Å². The average molecular weight is 373 g/mol. The smallest absolute Gasteiger partial charge is 0.331 e. The Bertz CT molecular complexity index is 1050. The van der Waals surface area contributed by atoms with Gasteiger partial charge in [0, 0.05) is 11.8 Å². The van der Waals surface area contributed by atoms with Crippen molar-refractivity contribution in [3.63, 3.8) is 0 Å². The number of amides is 1. The molecule has 142 valence electrons. The Kier molecular flexibility index (Phi) is 5.90. The number of hydrogen-bond acceptors (Lipinski definition) is 3. The quantitative estimate of drug-likeness (QED) is 0.503. The van der Waals surface area contributed by atoms with Crippen LogP contribution < -0.4 is 5.32 Å². The molecule has 0 saturated carbocycles. The van der Waals surface area contributed by atoms with E-state index >= 15 is 0 Å². The second-order valence-electron chi connectivity index (χ2n) is 6.79. The molecule has 1 N–H and O–H groups in total. The van der Waals surface area contributed by atoms with Gasteiger partial charge in [-0.15, -0.1) is 0 Å². The number of rotatable bonds is 5. The van der Waals surface area contributed by atoms with Crippen LogP contribution in [0.15, 0.2) is 66.7 Å². The van der Waals surface area contributed by atoms with Crippen LogP contribution >= 0.6 is 0 Å². The number of fused-ring (bicyclic) bond motifs is 1. The second-order valence-corrected chi connectivity index (χ2v) is 6.79. The van der Waals surface area contributed by atoms with E-state index in [9.17, 15) is 9.59 Å². The second kappa shape index (κ2) is 8.53. The number of ether oxygens (including phenoxy) is 1. The van der Waals surface area contributed by atoms with Gasteiger partial charge in [0.2, 0.25) is 0 Å². The highest BCUT2D eigenvalue weighted by molar-refractivity contribution is 5.98. The van der Waals surface area contributed by atoms with Crippen molar-refractivity contribution < 1.29 is 14.3 Å². The summed E-state index contributed by atoms with van der Waals surface area (Å²) >= 11 is 0. The predicted molar refractivity (Wildman–Crippen MR) is 113 cm³/mol. The van der Waals surface area contributed by atoms with E-state index < -0.39 is 12.1 Å². The molecule has 0 aliphatic rings. The van der Waals surface area contributed by atoms with Gasteiger partial charge >= 0.3 is 5.97 Å². The largest absolute Gasteiger partial charge is 0.449 e. The Morgan fingerprint density at radius 1 is 1.00 bits per heavy atom. The van der Waals surface area contributed by atoms with Gasteiger partial charge in [-0.05, 0) is 54.8 Å². The number of anilines is 1. The Hall–Kier alpha value is -3.40. The van der Waals surface area contributed by atoms with E-state index in [1.54, 1.807) is 13.0 Å². The third kappa shape index (κ3) is 4.65. The fraction of sp³-hybridized carbons (Fsp3) is 0.167. The summed E-state index contributed by atoms with van der Waals surface area (Å²) in [5, 5.41) is 4.95. The van der Waals surface area contributed by atoms with Gasteiger partial charge in [0.25, 0.3) is 5.91 Å². The third-order valence-corrected chi connectivity index (χ3v) is 4.52. The molecule has 0 aromatic heterocycles. The lowest BCUT2D eigenvalue weighted by molar-refractivity contribution is -0.148. The van der Waals surface area contributed by atoms with Crippen LogP contribution in [0, 0.1) is 13.8 Å². The van der Waals surface area contributed by atoms with Crippen LogP contribution in [0.3, 0.4) is 0 Å². The van der Waals surface area contributed by atoms with Crippen molar-refractivity contribution in [1.82, 2.24) is 0 Å². The summed E-state index contributed by atoms with van der Waals surface area (Å²) in [7, 11) is 0. The van der Waals surface area contributed by atoms with E-state index in [2.05, 4.69) is 5.32 Å². The fourth-order valence-electron chi connectivity index (χ4n) is 3.01. The van der Waals surface area contributed by atoms with Crippen molar-refractivity contribution in [2.24, 2.45) is 0 Å². The molecular formula is C24H23NO3. The van der Waals surface area contributed by atoms with Crippen molar-refractivity contribution in [2.75, 3.05) is 5.32 Å². The minimum Gasteiger partial charge on any atom is -0.449 e. The molecule has 3 aromatic carbocycles. The average Bonchev–Trinajstić information content (AvgIpc) is 2.68. The molecule has 0 aliphatic heterocycles. The standard InChI is InChI=1S/C24H23NO3/c1-16-11-13-22(17(2)15-16)25-24(27)18(3)28-23(26)14-12-20-9-6-8-19-7-4-5-10-21(19)20/h4-15,18H,1-3H3,(H,25,27)/b14-12+/t18-/m1/s1. The summed E-state index contributed by atoms with van der Waals surface area (Å²) in [6, 6.07) is 19.6. The molecular weight excluding hydrogens is 350 g/mol. The van der Waals surface area contributed by atoms with Crippen LogP contribution in [0.1, 0.15) is 23.6 Å². The first-order chi connectivity index (χ1) is 13.4.